The Morgan fingerprint density at radius 1 is 1.69 bits per heavy atom. The van der Waals surface area contributed by atoms with Gasteiger partial charge in [0.2, 0.25) is 0 Å². The number of nitrogens with zero attached hydrogens (tertiary/aromatic N) is 3. The van der Waals surface area contributed by atoms with Gasteiger partial charge >= 0.3 is 5.69 Å². The first kappa shape index (κ1) is 12.7. The summed E-state index contributed by atoms with van der Waals surface area (Å²) in [6, 6.07) is 2.61. The summed E-state index contributed by atoms with van der Waals surface area (Å²) in [6.07, 6.45) is -3.33. The van der Waals surface area contributed by atoms with Gasteiger partial charge in [-0.25, -0.2) is 13.8 Å². The van der Waals surface area contributed by atoms with Crippen molar-refractivity contribution in [2.75, 3.05) is 0 Å². The van der Waals surface area contributed by atoms with Crippen LogP contribution in [0.4, 0.5) is 14.5 Å². The van der Waals surface area contributed by atoms with Crippen LogP contribution in [0.5, 0.6) is 0 Å². The summed E-state index contributed by atoms with van der Waals surface area (Å²) in [5.74, 6) is 0. The van der Waals surface area contributed by atoms with Gasteiger partial charge < -0.3 is 0 Å². The summed E-state index contributed by atoms with van der Waals surface area (Å²) in [6.45, 7) is 0. The smallest absolute Gasteiger partial charge is 0.258 e. The number of hydrogen-bond donors (Lipinski definition) is 0. The topological polar surface area (TPSA) is 79.8 Å². The van der Waals surface area contributed by atoms with Crippen LogP contribution in [0.2, 0.25) is 0 Å². The van der Waals surface area contributed by atoms with E-state index in [2.05, 4.69) is 4.98 Å². The molecule has 0 atom stereocenters. The minimum atomic E-state index is -2.96. The first-order valence-electron chi connectivity index (χ1n) is 3.96. The highest BCUT2D eigenvalue weighted by molar-refractivity contribution is 14.1. The van der Waals surface area contributed by atoms with Crippen molar-refractivity contribution >= 4 is 28.3 Å². The highest BCUT2D eigenvalue weighted by Gasteiger charge is 2.27. The van der Waals surface area contributed by atoms with Crippen LogP contribution in [0.15, 0.2) is 6.07 Å². The molecule has 0 saturated carbocycles. The fourth-order valence-electron chi connectivity index (χ4n) is 1.15. The maximum atomic E-state index is 12.6. The standard InChI is InChI=1S/C8H4F2IN3O2/c9-8(10)4-3-6(11)13-5(1-2-12)7(4)14(15)16/h3,8H,1H2. The summed E-state index contributed by atoms with van der Waals surface area (Å²) < 4.78 is 25.3. The van der Waals surface area contributed by atoms with Gasteiger partial charge in [-0.05, 0) is 28.7 Å². The highest BCUT2D eigenvalue weighted by Crippen LogP contribution is 2.32. The fourth-order valence-corrected chi connectivity index (χ4v) is 1.78. The second-order valence-corrected chi connectivity index (χ2v) is 3.83. The third-order valence-corrected chi connectivity index (χ3v) is 2.28. The molecule has 0 unspecified atom stereocenters. The van der Waals surface area contributed by atoms with Crippen molar-refractivity contribution in [2.45, 2.75) is 12.8 Å². The zero-order valence-electron chi connectivity index (χ0n) is 7.65. The van der Waals surface area contributed by atoms with E-state index in [-0.39, 0.29) is 15.8 Å². The molecule has 5 nitrogen and oxygen atoms in total. The summed E-state index contributed by atoms with van der Waals surface area (Å²) >= 11 is 1.67. The molecular weight excluding hydrogens is 335 g/mol. The van der Waals surface area contributed by atoms with Crippen molar-refractivity contribution in [3.63, 3.8) is 0 Å². The Balaban J connectivity index is 3.48. The number of nitriles is 1. The van der Waals surface area contributed by atoms with Gasteiger partial charge in [-0.2, -0.15) is 5.26 Å². The zero-order valence-corrected chi connectivity index (χ0v) is 9.81. The van der Waals surface area contributed by atoms with Crippen molar-refractivity contribution in [2.24, 2.45) is 0 Å². The first-order valence-corrected chi connectivity index (χ1v) is 5.04. The quantitative estimate of drug-likeness (QED) is 0.367. The Morgan fingerprint density at radius 2 is 2.31 bits per heavy atom. The molecule has 0 aliphatic rings. The van der Waals surface area contributed by atoms with Crippen LogP contribution in [-0.4, -0.2) is 9.91 Å². The Kier molecular flexibility index (Phi) is 4.05. The van der Waals surface area contributed by atoms with Crippen molar-refractivity contribution < 1.29 is 13.7 Å². The summed E-state index contributed by atoms with van der Waals surface area (Å²) in [7, 11) is 0. The second-order valence-electron chi connectivity index (χ2n) is 2.72. The van der Waals surface area contributed by atoms with Crippen LogP contribution in [0.3, 0.4) is 0 Å². The van der Waals surface area contributed by atoms with Crippen molar-refractivity contribution in [3.8, 4) is 6.07 Å². The van der Waals surface area contributed by atoms with E-state index >= 15 is 0 Å². The molecule has 84 valence electrons. The van der Waals surface area contributed by atoms with E-state index in [1.165, 1.54) is 0 Å². The van der Waals surface area contributed by atoms with Gasteiger partial charge in [0.15, 0.2) is 0 Å². The van der Waals surface area contributed by atoms with E-state index in [0.29, 0.717) is 0 Å². The maximum absolute atomic E-state index is 12.6. The van der Waals surface area contributed by atoms with Crippen LogP contribution in [0.1, 0.15) is 17.7 Å². The number of rotatable bonds is 3. The molecule has 8 heteroatoms. The average Bonchev–Trinajstić information content (AvgIpc) is 2.16. The lowest BCUT2D eigenvalue weighted by Gasteiger charge is -2.05. The summed E-state index contributed by atoms with van der Waals surface area (Å²) in [4.78, 5) is 13.4. The fraction of sp³-hybridized carbons (Fsp3) is 0.250. The molecule has 0 aliphatic carbocycles. The predicted octanol–water partition coefficient (Wildman–Crippen LogP) is 2.60. The van der Waals surface area contributed by atoms with Crippen molar-refractivity contribution in [1.82, 2.24) is 4.98 Å². The lowest BCUT2D eigenvalue weighted by atomic mass is 10.1. The Labute approximate surface area is 102 Å². The minimum Gasteiger partial charge on any atom is -0.258 e. The van der Waals surface area contributed by atoms with Crippen molar-refractivity contribution in [1.29, 1.82) is 5.26 Å². The summed E-state index contributed by atoms with van der Waals surface area (Å²) in [5, 5.41) is 19.1. The molecule has 1 aromatic heterocycles. The van der Waals surface area contributed by atoms with Gasteiger partial charge in [-0.3, -0.25) is 10.1 Å². The minimum absolute atomic E-state index is 0.198. The van der Waals surface area contributed by atoms with E-state index < -0.39 is 22.6 Å². The van der Waals surface area contributed by atoms with E-state index in [1.54, 1.807) is 28.7 Å². The lowest BCUT2D eigenvalue weighted by molar-refractivity contribution is -0.387. The number of nitro groups is 1. The zero-order chi connectivity index (χ0) is 12.3. The lowest BCUT2D eigenvalue weighted by Crippen LogP contribution is -2.05. The number of aromatic nitrogens is 1. The number of hydrogen-bond acceptors (Lipinski definition) is 4. The molecular formula is C8H4F2IN3O2. The molecule has 0 bridgehead atoms. The number of halogens is 3. The molecule has 0 amide bonds. The van der Waals surface area contributed by atoms with Gasteiger partial charge in [-0.15, -0.1) is 0 Å². The molecule has 1 rings (SSSR count). The molecule has 0 N–H and O–H groups in total. The SMILES string of the molecule is N#CCc1nc(I)cc(C(F)F)c1[N+](=O)[O-]. The predicted molar refractivity (Wildman–Crippen MR) is 57.9 cm³/mol. The maximum Gasteiger partial charge on any atom is 0.300 e. The third kappa shape index (κ3) is 2.60. The molecule has 0 saturated heterocycles. The van der Waals surface area contributed by atoms with Crippen LogP contribution >= 0.6 is 22.6 Å². The largest absolute Gasteiger partial charge is 0.300 e. The number of alkyl halides is 2. The Bertz CT molecular complexity index is 473. The molecule has 0 fully saturated rings. The number of pyridine rings is 1. The van der Waals surface area contributed by atoms with Gasteiger partial charge in [0.05, 0.1) is 17.4 Å². The van der Waals surface area contributed by atoms with E-state index in [1.807, 2.05) is 0 Å². The van der Waals surface area contributed by atoms with Crippen LogP contribution < -0.4 is 0 Å². The van der Waals surface area contributed by atoms with E-state index in [4.69, 9.17) is 5.26 Å². The molecule has 0 radical (unpaired) electrons. The van der Waals surface area contributed by atoms with Crippen LogP contribution in [0.25, 0.3) is 0 Å². The van der Waals surface area contributed by atoms with Gasteiger partial charge in [-0.1, -0.05) is 0 Å². The second kappa shape index (κ2) is 5.11. The monoisotopic (exact) mass is 339 g/mol. The Hall–Kier alpha value is -1.37. The average molecular weight is 339 g/mol. The summed E-state index contributed by atoms with van der Waals surface area (Å²) in [5.41, 5.74) is -1.69. The third-order valence-electron chi connectivity index (χ3n) is 1.73. The van der Waals surface area contributed by atoms with E-state index in [9.17, 15) is 18.9 Å². The van der Waals surface area contributed by atoms with Gasteiger partial charge in [0, 0.05) is 0 Å². The molecule has 0 spiro atoms. The molecule has 1 aromatic rings. The van der Waals surface area contributed by atoms with Gasteiger partial charge in [0.25, 0.3) is 6.43 Å². The molecule has 0 aromatic carbocycles. The van der Waals surface area contributed by atoms with Crippen LogP contribution in [-0.2, 0) is 6.42 Å². The van der Waals surface area contributed by atoms with Gasteiger partial charge in [0.1, 0.15) is 15.0 Å². The van der Waals surface area contributed by atoms with Crippen molar-refractivity contribution in [3.05, 3.63) is 31.1 Å². The van der Waals surface area contributed by atoms with E-state index in [0.717, 1.165) is 6.07 Å². The highest BCUT2D eigenvalue weighted by atomic mass is 127. The molecule has 0 aliphatic heterocycles. The Morgan fingerprint density at radius 3 is 2.75 bits per heavy atom. The normalized spacial score (nSPS) is 10.2. The van der Waals surface area contributed by atoms with Crippen LogP contribution in [0, 0.1) is 25.1 Å². The molecule has 16 heavy (non-hydrogen) atoms. The first-order chi connectivity index (χ1) is 7.47. The molecule has 1 heterocycles.